The van der Waals surface area contributed by atoms with Crippen LogP contribution in [-0.4, -0.2) is 20.6 Å². The number of sulfone groups is 1. The lowest BCUT2D eigenvalue weighted by Crippen LogP contribution is -2.24. The van der Waals surface area contributed by atoms with Gasteiger partial charge in [-0.05, 0) is 60.5 Å². The first-order valence-electron chi connectivity index (χ1n) is 8.87. The van der Waals surface area contributed by atoms with E-state index >= 15 is 0 Å². The van der Waals surface area contributed by atoms with Crippen molar-refractivity contribution < 1.29 is 17.6 Å². The average molecular weight is 430 g/mol. The fourth-order valence-corrected chi connectivity index (χ4v) is 4.26. The molecule has 2 aromatic carbocycles. The molecule has 3 rings (SSSR count). The van der Waals surface area contributed by atoms with E-state index in [-0.39, 0.29) is 22.7 Å². The van der Waals surface area contributed by atoms with E-state index in [1.165, 1.54) is 41.7 Å². The first-order valence-corrected chi connectivity index (χ1v) is 11.6. The second-order valence-corrected chi connectivity index (χ2v) is 9.74. The van der Waals surface area contributed by atoms with Crippen LogP contribution in [0.1, 0.15) is 23.4 Å². The zero-order valence-electron chi connectivity index (χ0n) is 15.9. The van der Waals surface area contributed by atoms with E-state index in [0.29, 0.717) is 0 Å². The Bertz CT molecular complexity index is 1130. The number of benzene rings is 2. The number of thiophene rings is 1. The van der Waals surface area contributed by atoms with Gasteiger partial charge in [0, 0.05) is 22.1 Å². The Morgan fingerprint density at radius 1 is 1.03 bits per heavy atom. The van der Waals surface area contributed by atoms with Gasteiger partial charge in [-0.15, -0.1) is 11.3 Å². The molecule has 7 heteroatoms. The molecule has 0 saturated heterocycles. The molecule has 1 atom stereocenters. The maximum absolute atomic E-state index is 13.0. The van der Waals surface area contributed by atoms with Crippen molar-refractivity contribution in [2.75, 3.05) is 6.26 Å². The van der Waals surface area contributed by atoms with Gasteiger partial charge in [0.15, 0.2) is 9.84 Å². The molecule has 0 bridgehead atoms. The predicted molar refractivity (Wildman–Crippen MR) is 115 cm³/mol. The molecule has 0 aliphatic carbocycles. The van der Waals surface area contributed by atoms with Gasteiger partial charge in [-0.3, -0.25) is 4.79 Å². The lowest BCUT2D eigenvalue weighted by atomic mass is 10.1. The Labute approximate surface area is 173 Å². The predicted octanol–water partition coefficient (Wildman–Crippen LogP) is 4.85. The number of hydrogen-bond donors (Lipinski definition) is 1. The van der Waals surface area contributed by atoms with Gasteiger partial charge in [0.2, 0.25) is 5.91 Å². The van der Waals surface area contributed by atoms with Crippen molar-refractivity contribution in [2.45, 2.75) is 17.9 Å². The van der Waals surface area contributed by atoms with Gasteiger partial charge in [-0.2, -0.15) is 0 Å². The van der Waals surface area contributed by atoms with Crippen molar-refractivity contribution in [1.29, 1.82) is 0 Å². The molecule has 0 saturated carbocycles. The summed E-state index contributed by atoms with van der Waals surface area (Å²) in [6, 6.07) is 16.3. The Hall–Kier alpha value is -2.77. The normalized spacial score (nSPS) is 12.8. The minimum Gasteiger partial charge on any atom is -0.346 e. The van der Waals surface area contributed by atoms with Crippen molar-refractivity contribution in [2.24, 2.45) is 0 Å². The van der Waals surface area contributed by atoms with Gasteiger partial charge < -0.3 is 5.32 Å². The Balaban J connectivity index is 1.61. The van der Waals surface area contributed by atoms with E-state index in [1.807, 2.05) is 19.1 Å². The van der Waals surface area contributed by atoms with Crippen molar-refractivity contribution >= 4 is 33.2 Å². The summed E-state index contributed by atoms with van der Waals surface area (Å²) >= 11 is 1.51. The summed E-state index contributed by atoms with van der Waals surface area (Å²) < 4.78 is 36.1. The third kappa shape index (κ3) is 5.62. The SMILES string of the molecule is CC(NC(=O)/C=C/c1ccc(-c2ccc(F)cc2)s1)c1ccc(S(C)(=O)=O)cc1. The molecule has 0 aliphatic rings. The van der Waals surface area contributed by atoms with Crippen molar-refractivity contribution in [3.63, 3.8) is 0 Å². The zero-order valence-corrected chi connectivity index (χ0v) is 17.6. The molecule has 0 radical (unpaired) electrons. The molecule has 0 fully saturated rings. The summed E-state index contributed by atoms with van der Waals surface area (Å²) in [7, 11) is -3.24. The minimum atomic E-state index is -3.24. The van der Waals surface area contributed by atoms with Crippen LogP contribution in [0.15, 0.2) is 71.6 Å². The molecule has 1 N–H and O–H groups in total. The zero-order chi connectivity index (χ0) is 21.0. The highest BCUT2D eigenvalue weighted by atomic mass is 32.2. The molecule has 1 heterocycles. The molecule has 4 nitrogen and oxygen atoms in total. The first kappa shape index (κ1) is 21.0. The second kappa shape index (κ2) is 8.71. The van der Waals surface area contributed by atoms with Crippen LogP contribution in [0.5, 0.6) is 0 Å². The Morgan fingerprint density at radius 2 is 1.69 bits per heavy atom. The Morgan fingerprint density at radius 3 is 2.31 bits per heavy atom. The second-order valence-electron chi connectivity index (χ2n) is 6.61. The van der Waals surface area contributed by atoms with E-state index < -0.39 is 9.84 Å². The highest BCUT2D eigenvalue weighted by Gasteiger charge is 2.11. The summed E-state index contributed by atoms with van der Waals surface area (Å²) in [6.07, 6.45) is 4.35. The molecule has 150 valence electrons. The smallest absolute Gasteiger partial charge is 0.244 e. The lowest BCUT2D eigenvalue weighted by molar-refractivity contribution is -0.117. The van der Waals surface area contributed by atoms with E-state index in [1.54, 1.807) is 30.3 Å². The van der Waals surface area contributed by atoms with Crippen molar-refractivity contribution in [1.82, 2.24) is 5.32 Å². The molecule has 3 aromatic rings. The molecule has 1 aromatic heterocycles. The van der Waals surface area contributed by atoms with Crippen molar-refractivity contribution in [3.8, 4) is 10.4 Å². The largest absolute Gasteiger partial charge is 0.346 e. The first-order chi connectivity index (χ1) is 13.7. The van der Waals surface area contributed by atoms with E-state index in [4.69, 9.17) is 0 Å². The standard InChI is InChI=1S/C22H20FNO3S2/c1-15(16-5-11-20(12-6-16)29(2,26)27)24-22(25)14-10-19-9-13-21(28-19)17-3-7-18(23)8-4-17/h3-15H,1-2H3,(H,24,25)/b14-10+. The van der Waals surface area contributed by atoms with Crippen LogP contribution in [-0.2, 0) is 14.6 Å². The molecule has 1 amide bonds. The number of carbonyl (C=O) groups is 1. The van der Waals surface area contributed by atoms with Gasteiger partial charge >= 0.3 is 0 Å². The fraction of sp³-hybridized carbons (Fsp3) is 0.136. The summed E-state index contributed by atoms with van der Waals surface area (Å²) in [4.78, 5) is 14.4. The molecule has 29 heavy (non-hydrogen) atoms. The van der Waals surface area contributed by atoms with Crippen LogP contribution in [0.25, 0.3) is 16.5 Å². The fourth-order valence-electron chi connectivity index (χ4n) is 2.72. The summed E-state index contributed by atoms with van der Waals surface area (Å²) in [5.41, 5.74) is 1.74. The van der Waals surface area contributed by atoms with E-state index in [2.05, 4.69) is 5.32 Å². The highest BCUT2D eigenvalue weighted by Crippen LogP contribution is 2.29. The quantitative estimate of drug-likeness (QED) is 0.570. The Kier molecular flexibility index (Phi) is 6.30. The number of amides is 1. The molecular weight excluding hydrogens is 409 g/mol. The average Bonchev–Trinajstić information content (AvgIpc) is 3.15. The number of hydrogen-bond acceptors (Lipinski definition) is 4. The number of carbonyl (C=O) groups excluding carboxylic acids is 1. The van der Waals surface area contributed by atoms with Crippen molar-refractivity contribution in [3.05, 3.63) is 83.0 Å². The molecule has 0 aliphatic heterocycles. The number of rotatable bonds is 6. The van der Waals surface area contributed by atoms with Crippen LogP contribution in [0, 0.1) is 5.82 Å². The monoisotopic (exact) mass is 429 g/mol. The van der Waals surface area contributed by atoms with Gasteiger partial charge in [-0.25, -0.2) is 12.8 Å². The highest BCUT2D eigenvalue weighted by molar-refractivity contribution is 7.90. The number of halogens is 1. The van der Waals surface area contributed by atoms with Gasteiger partial charge in [0.25, 0.3) is 0 Å². The molecule has 0 spiro atoms. The van der Waals surface area contributed by atoms with Crippen LogP contribution >= 0.6 is 11.3 Å². The van der Waals surface area contributed by atoms with Gasteiger partial charge in [-0.1, -0.05) is 24.3 Å². The third-order valence-electron chi connectivity index (χ3n) is 4.32. The molecule has 1 unspecified atom stereocenters. The van der Waals surface area contributed by atoms with Gasteiger partial charge in [0.05, 0.1) is 10.9 Å². The summed E-state index contributed by atoms with van der Waals surface area (Å²) in [6.45, 7) is 1.83. The van der Waals surface area contributed by atoms with Crippen LogP contribution in [0.3, 0.4) is 0 Å². The van der Waals surface area contributed by atoms with Crippen LogP contribution in [0.4, 0.5) is 4.39 Å². The van der Waals surface area contributed by atoms with E-state index in [0.717, 1.165) is 27.1 Å². The molecular formula is C22H20FNO3S2. The maximum atomic E-state index is 13.0. The third-order valence-corrected chi connectivity index (χ3v) is 6.55. The van der Waals surface area contributed by atoms with E-state index in [9.17, 15) is 17.6 Å². The minimum absolute atomic E-state index is 0.245. The summed E-state index contributed by atoms with van der Waals surface area (Å²) in [5.74, 6) is -0.524. The summed E-state index contributed by atoms with van der Waals surface area (Å²) in [5, 5.41) is 2.86. The number of nitrogens with one attached hydrogen (secondary N) is 1. The van der Waals surface area contributed by atoms with Gasteiger partial charge in [0.1, 0.15) is 5.82 Å². The van der Waals surface area contributed by atoms with Crippen LogP contribution in [0.2, 0.25) is 0 Å². The van der Waals surface area contributed by atoms with Crippen LogP contribution < -0.4 is 5.32 Å². The topological polar surface area (TPSA) is 63.2 Å². The lowest BCUT2D eigenvalue weighted by Gasteiger charge is -2.13. The maximum Gasteiger partial charge on any atom is 0.244 e.